The molecule has 1 saturated carbocycles. The number of piperidine rings is 1. The Balaban J connectivity index is 1.15. The van der Waals surface area contributed by atoms with E-state index in [1.165, 1.54) is 0 Å². The lowest BCUT2D eigenvalue weighted by Gasteiger charge is -2.31. The average molecular weight is 476 g/mol. The normalized spacial score (nSPS) is 16.1. The molecule has 3 aromatic rings. The van der Waals surface area contributed by atoms with E-state index < -0.39 is 0 Å². The number of amides is 2. The molecular formula is C25H29N7O3. The second-order valence-electron chi connectivity index (χ2n) is 9.14. The summed E-state index contributed by atoms with van der Waals surface area (Å²) in [6, 6.07) is 10.9. The minimum absolute atomic E-state index is 0.146. The van der Waals surface area contributed by atoms with Crippen LogP contribution in [0.1, 0.15) is 54.8 Å². The molecule has 0 atom stereocenters. The van der Waals surface area contributed by atoms with Crippen molar-refractivity contribution >= 4 is 35.0 Å². The van der Waals surface area contributed by atoms with Gasteiger partial charge in [-0.25, -0.2) is 4.98 Å². The largest absolute Gasteiger partial charge is 0.370 e. The molecule has 0 unspecified atom stereocenters. The van der Waals surface area contributed by atoms with Gasteiger partial charge in [-0.1, -0.05) is 11.2 Å². The van der Waals surface area contributed by atoms with Gasteiger partial charge >= 0.3 is 0 Å². The van der Waals surface area contributed by atoms with Gasteiger partial charge in [-0.15, -0.1) is 0 Å². The topological polar surface area (TPSA) is 125 Å². The predicted octanol–water partition coefficient (Wildman–Crippen LogP) is 4.01. The molecule has 3 heterocycles. The third kappa shape index (κ3) is 5.95. The molecule has 1 saturated heterocycles. The molecule has 35 heavy (non-hydrogen) atoms. The van der Waals surface area contributed by atoms with E-state index in [-0.39, 0.29) is 17.5 Å². The van der Waals surface area contributed by atoms with E-state index >= 15 is 0 Å². The summed E-state index contributed by atoms with van der Waals surface area (Å²) in [4.78, 5) is 34.8. The molecule has 2 fully saturated rings. The Morgan fingerprint density at radius 1 is 1.09 bits per heavy atom. The first-order valence-corrected chi connectivity index (χ1v) is 12.0. The second-order valence-corrected chi connectivity index (χ2v) is 9.14. The number of likely N-dealkylation sites (tertiary alicyclic amines) is 1. The number of aromatic nitrogens is 3. The number of carbonyl (C=O) groups excluding carboxylic acids is 2. The van der Waals surface area contributed by atoms with Crippen molar-refractivity contribution in [1.29, 1.82) is 0 Å². The van der Waals surface area contributed by atoms with Crippen LogP contribution in [0.2, 0.25) is 0 Å². The number of rotatable bonds is 8. The highest BCUT2D eigenvalue weighted by molar-refractivity contribution is 6.03. The Morgan fingerprint density at radius 2 is 1.89 bits per heavy atom. The summed E-state index contributed by atoms with van der Waals surface area (Å²) >= 11 is 0. The van der Waals surface area contributed by atoms with E-state index in [4.69, 9.17) is 4.52 Å². The molecule has 2 aromatic heterocycles. The van der Waals surface area contributed by atoms with Crippen LogP contribution in [0.15, 0.2) is 47.1 Å². The molecule has 2 amide bonds. The zero-order valence-corrected chi connectivity index (χ0v) is 19.7. The minimum Gasteiger partial charge on any atom is -0.370 e. The van der Waals surface area contributed by atoms with Gasteiger partial charge in [0.25, 0.3) is 5.91 Å². The lowest BCUT2D eigenvalue weighted by atomic mass is 9.97. The Hall–Kier alpha value is -3.95. The molecule has 0 bridgehead atoms. The van der Waals surface area contributed by atoms with Crippen molar-refractivity contribution in [3.05, 3.63) is 54.0 Å². The first-order chi connectivity index (χ1) is 17.0. The summed E-state index contributed by atoms with van der Waals surface area (Å²) in [6.45, 7) is 4.04. The van der Waals surface area contributed by atoms with Gasteiger partial charge in [-0.05, 0) is 55.9 Å². The second kappa shape index (κ2) is 10.1. The molecule has 10 nitrogen and oxygen atoms in total. The number of anilines is 4. The van der Waals surface area contributed by atoms with Crippen LogP contribution in [0.5, 0.6) is 0 Å². The first kappa shape index (κ1) is 22.8. The highest BCUT2D eigenvalue weighted by Crippen LogP contribution is 2.40. The smallest absolute Gasteiger partial charge is 0.277 e. The lowest BCUT2D eigenvalue weighted by molar-refractivity contribution is -0.130. The van der Waals surface area contributed by atoms with E-state index in [0.29, 0.717) is 23.5 Å². The third-order valence-electron chi connectivity index (χ3n) is 6.40. The molecule has 1 aliphatic carbocycles. The number of benzene rings is 1. The summed E-state index contributed by atoms with van der Waals surface area (Å²) in [5.74, 6) is 2.71. The van der Waals surface area contributed by atoms with Crippen molar-refractivity contribution in [1.82, 2.24) is 20.0 Å². The number of carbonyl (C=O) groups is 2. The van der Waals surface area contributed by atoms with Crippen molar-refractivity contribution in [3.8, 4) is 0 Å². The van der Waals surface area contributed by atoms with Crippen LogP contribution in [0.3, 0.4) is 0 Å². The van der Waals surface area contributed by atoms with Gasteiger partial charge in [0.15, 0.2) is 5.69 Å². The van der Waals surface area contributed by atoms with Crippen molar-refractivity contribution in [2.75, 3.05) is 35.6 Å². The van der Waals surface area contributed by atoms with Crippen LogP contribution in [0.25, 0.3) is 0 Å². The molecule has 182 valence electrons. The van der Waals surface area contributed by atoms with E-state index in [1.807, 2.05) is 29.2 Å². The van der Waals surface area contributed by atoms with Gasteiger partial charge in [-0.3, -0.25) is 9.59 Å². The first-order valence-electron chi connectivity index (χ1n) is 12.0. The van der Waals surface area contributed by atoms with Crippen LogP contribution in [0, 0.1) is 5.92 Å². The maximum absolute atomic E-state index is 12.5. The zero-order chi connectivity index (χ0) is 24.2. The Kier molecular flexibility index (Phi) is 6.60. The van der Waals surface area contributed by atoms with Crippen molar-refractivity contribution < 1.29 is 14.1 Å². The molecule has 1 aliphatic heterocycles. The fourth-order valence-corrected chi connectivity index (χ4v) is 4.17. The van der Waals surface area contributed by atoms with Crippen molar-refractivity contribution in [2.24, 2.45) is 5.92 Å². The summed E-state index contributed by atoms with van der Waals surface area (Å²) in [6.07, 6.45) is 5.84. The summed E-state index contributed by atoms with van der Waals surface area (Å²) < 4.78 is 5.27. The molecule has 0 spiro atoms. The Bertz CT molecular complexity index is 1200. The number of nitrogens with one attached hydrogen (secondary N) is 3. The van der Waals surface area contributed by atoms with E-state index in [2.05, 4.69) is 31.1 Å². The zero-order valence-electron chi connectivity index (χ0n) is 19.7. The molecule has 1 aromatic carbocycles. The van der Waals surface area contributed by atoms with Gasteiger partial charge in [-0.2, -0.15) is 4.98 Å². The molecule has 0 radical (unpaired) electrons. The van der Waals surface area contributed by atoms with Crippen LogP contribution in [-0.2, 0) is 4.79 Å². The highest BCUT2D eigenvalue weighted by atomic mass is 16.5. The minimum atomic E-state index is -0.311. The number of nitrogens with zero attached hydrogens (tertiary/aromatic N) is 4. The standard InChI is InChI=1S/C25H29N7O3/c1-16(33)32-11-8-17(9-12-32)15-27-23-7-10-26-25(30-23)29-20-4-2-3-19(13-20)28-24(34)21-14-22(35-31-21)18-5-6-18/h2-4,7,10,13-14,17-18H,5-6,8-9,11-12,15H2,1H3,(H,28,34)(H2,26,27,29,30). The monoisotopic (exact) mass is 475 g/mol. The van der Waals surface area contributed by atoms with Crippen LogP contribution < -0.4 is 16.0 Å². The fourth-order valence-electron chi connectivity index (χ4n) is 4.17. The fraction of sp³-hybridized carbons (Fsp3) is 0.400. The van der Waals surface area contributed by atoms with E-state index in [0.717, 1.165) is 62.6 Å². The highest BCUT2D eigenvalue weighted by Gasteiger charge is 2.29. The Morgan fingerprint density at radius 3 is 2.66 bits per heavy atom. The lowest BCUT2D eigenvalue weighted by Crippen LogP contribution is -2.38. The van der Waals surface area contributed by atoms with E-state index in [9.17, 15) is 9.59 Å². The van der Waals surface area contributed by atoms with Crippen LogP contribution in [0.4, 0.5) is 23.1 Å². The SMILES string of the molecule is CC(=O)N1CCC(CNc2ccnc(Nc3cccc(NC(=O)c4cc(C5CC5)on4)c3)n2)CC1. The average Bonchev–Trinajstić information content (AvgIpc) is 3.59. The van der Waals surface area contributed by atoms with Crippen molar-refractivity contribution in [2.45, 2.75) is 38.5 Å². The maximum Gasteiger partial charge on any atom is 0.277 e. The third-order valence-corrected chi connectivity index (χ3v) is 6.40. The number of hydrogen-bond donors (Lipinski definition) is 3. The van der Waals surface area contributed by atoms with Gasteiger partial charge in [0.05, 0.1) is 0 Å². The number of hydrogen-bond acceptors (Lipinski definition) is 8. The van der Waals surface area contributed by atoms with Crippen molar-refractivity contribution in [3.63, 3.8) is 0 Å². The molecule has 3 N–H and O–H groups in total. The molecular weight excluding hydrogens is 446 g/mol. The predicted molar refractivity (Wildman–Crippen MR) is 132 cm³/mol. The summed E-state index contributed by atoms with van der Waals surface area (Å²) in [7, 11) is 0. The molecule has 10 heteroatoms. The Labute approximate surface area is 203 Å². The summed E-state index contributed by atoms with van der Waals surface area (Å²) in [5.41, 5.74) is 1.65. The van der Waals surface area contributed by atoms with Gasteiger partial charge in [0.1, 0.15) is 11.6 Å². The van der Waals surface area contributed by atoms with E-state index in [1.54, 1.807) is 25.3 Å². The van der Waals surface area contributed by atoms with Crippen LogP contribution >= 0.6 is 0 Å². The van der Waals surface area contributed by atoms with Crippen LogP contribution in [-0.4, -0.2) is 51.5 Å². The van der Waals surface area contributed by atoms with Gasteiger partial charge in [0.2, 0.25) is 11.9 Å². The molecule has 5 rings (SSSR count). The van der Waals surface area contributed by atoms with Gasteiger partial charge in [0, 0.05) is 56.1 Å². The quantitative estimate of drug-likeness (QED) is 0.446. The summed E-state index contributed by atoms with van der Waals surface area (Å²) in [5, 5.41) is 13.3. The van der Waals surface area contributed by atoms with Gasteiger partial charge < -0.3 is 25.4 Å². The molecule has 2 aliphatic rings. The maximum atomic E-state index is 12.5.